The topological polar surface area (TPSA) is 69.4 Å². The number of rotatable bonds is 8. The Morgan fingerprint density at radius 2 is 1.89 bits per heavy atom. The van der Waals surface area contributed by atoms with Gasteiger partial charge in [0.1, 0.15) is 15.6 Å². The predicted molar refractivity (Wildman–Crippen MR) is 73.6 cm³/mol. The molecule has 2 N–H and O–H groups in total. The summed E-state index contributed by atoms with van der Waals surface area (Å²) < 4.78 is 28.0. The second kappa shape index (κ2) is 7.38. The van der Waals surface area contributed by atoms with Crippen LogP contribution in [0.3, 0.4) is 0 Å². The van der Waals surface area contributed by atoms with Crippen molar-refractivity contribution in [2.45, 2.75) is 19.8 Å². The van der Waals surface area contributed by atoms with Crippen molar-refractivity contribution >= 4 is 9.84 Å². The molecule has 0 bridgehead atoms. The molecule has 0 aromatic heterocycles. The van der Waals surface area contributed by atoms with Crippen molar-refractivity contribution in [2.75, 3.05) is 24.7 Å². The van der Waals surface area contributed by atoms with Crippen LogP contribution in [0.15, 0.2) is 24.3 Å². The second-order valence-electron chi connectivity index (χ2n) is 4.12. The summed E-state index contributed by atoms with van der Waals surface area (Å²) in [7, 11) is -2.88. The third-order valence-corrected chi connectivity index (χ3v) is 4.45. The van der Waals surface area contributed by atoms with Gasteiger partial charge in [-0.3, -0.25) is 0 Å². The molecule has 4 nitrogen and oxygen atoms in total. The lowest BCUT2D eigenvalue weighted by molar-refractivity contribution is 0.317. The van der Waals surface area contributed by atoms with E-state index in [-0.39, 0.29) is 11.5 Å². The first-order valence-electron chi connectivity index (χ1n) is 6.19. The molecule has 5 heteroatoms. The van der Waals surface area contributed by atoms with E-state index in [9.17, 15) is 8.42 Å². The molecule has 0 heterocycles. The lowest BCUT2D eigenvalue weighted by Crippen LogP contribution is -2.11. The lowest BCUT2D eigenvalue weighted by atomic mass is 10.1. The molecule has 0 radical (unpaired) electrons. The van der Waals surface area contributed by atoms with Gasteiger partial charge in [-0.05, 0) is 37.1 Å². The van der Waals surface area contributed by atoms with Crippen LogP contribution in [-0.2, 0) is 16.3 Å². The first-order valence-corrected chi connectivity index (χ1v) is 8.02. The zero-order valence-corrected chi connectivity index (χ0v) is 11.6. The molecule has 1 rings (SSSR count). The van der Waals surface area contributed by atoms with E-state index in [1.165, 1.54) is 5.56 Å². The standard InChI is InChI=1S/C13H21NO3S/c1-2-18(15,16)11-3-10-17-13-6-4-12(5-7-13)8-9-14/h4-7H,2-3,8-11,14H2,1H3. The number of hydrogen-bond donors (Lipinski definition) is 1. The van der Waals surface area contributed by atoms with Crippen molar-refractivity contribution in [1.82, 2.24) is 0 Å². The van der Waals surface area contributed by atoms with E-state index in [0.717, 1.165) is 12.2 Å². The fraction of sp³-hybridized carbons (Fsp3) is 0.538. The lowest BCUT2D eigenvalue weighted by Gasteiger charge is -2.07. The quantitative estimate of drug-likeness (QED) is 0.725. The minimum atomic E-state index is -2.88. The first kappa shape index (κ1) is 15.0. The number of nitrogens with two attached hydrogens (primary N) is 1. The highest BCUT2D eigenvalue weighted by atomic mass is 32.2. The van der Waals surface area contributed by atoms with Crippen LogP contribution in [0.25, 0.3) is 0 Å². The Hall–Kier alpha value is -1.07. The second-order valence-corrected chi connectivity index (χ2v) is 6.59. The van der Waals surface area contributed by atoms with E-state index in [1.54, 1.807) is 6.92 Å². The van der Waals surface area contributed by atoms with Crippen LogP contribution in [0.5, 0.6) is 5.75 Å². The van der Waals surface area contributed by atoms with Crippen molar-refractivity contribution in [1.29, 1.82) is 0 Å². The van der Waals surface area contributed by atoms with E-state index < -0.39 is 9.84 Å². The summed E-state index contributed by atoms with van der Waals surface area (Å²) in [5.74, 6) is 1.15. The maximum Gasteiger partial charge on any atom is 0.150 e. The molecule has 102 valence electrons. The third-order valence-electron chi connectivity index (χ3n) is 2.66. The molecule has 1 aromatic carbocycles. The van der Waals surface area contributed by atoms with Gasteiger partial charge in [0.15, 0.2) is 0 Å². The van der Waals surface area contributed by atoms with E-state index in [4.69, 9.17) is 10.5 Å². The predicted octanol–water partition coefficient (Wildman–Crippen LogP) is 1.39. The van der Waals surface area contributed by atoms with Gasteiger partial charge >= 0.3 is 0 Å². The van der Waals surface area contributed by atoms with Crippen molar-refractivity contribution in [2.24, 2.45) is 5.73 Å². The summed E-state index contributed by atoms with van der Waals surface area (Å²) in [5, 5.41) is 0. The zero-order chi connectivity index (χ0) is 13.4. The molecule has 0 aliphatic rings. The summed E-state index contributed by atoms with van der Waals surface area (Å²) in [6, 6.07) is 7.73. The van der Waals surface area contributed by atoms with E-state index in [0.29, 0.717) is 19.6 Å². The fourth-order valence-corrected chi connectivity index (χ4v) is 2.38. The summed E-state index contributed by atoms with van der Waals surface area (Å²) in [6.45, 7) is 2.72. The van der Waals surface area contributed by atoms with Gasteiger partial charge in [-0.15, -0.1) is 0 Å². The van der Waals surface area contributed by atoms with Gasteiger partial charge in [0.2, 0.25) is 0 Å². The van der Waals surface area contributed by atoms with Gasteiger partial charge in [0.05, 0.1) is 12.4 Å². The molecule has 0 spiro atoms. The van der Waals surface area contributed by atoms with Gasteiger partial charge in [0.25, 0.3) is 0 Å². The first-order chi connectivity index (χ1) is 8.57. The molecule has 0 aliphatic heterocycles. The Bertz CT molecular complexity index is 440. The Balaban J connectivity index is 2.31. The fourth-order valence-electron chi connectivity index (χ4n) is 1.53. The highest BCUT2D eigenvalue weighted by Gasteiger charge is 2.06. The highest BCUT2D eigenvalue weighted by molar-refractivity contribution is 7.91. The van der Waals surface area contributed by atoms with Crippen LogP contribution in [0.1, 0.15) is 18.9 Å². The summed E-state index contributed by atoms with van der Waals surface area (Å²) in [5.41, 5.74) is 6.64. The molecule has 18 heavy (non-hydrogen) atoms. The summed E-state index contributed by atoms with van der Waals surface area (Å²) >= 11 is 0. The SMILES string of the molecule is CCS(=O)(=O)CCCOc1ccc(CCN)cc1. The highest BCUT2D eigenvalue weighted by Crippen LogP contribution is 2.12. The zero-order valence-electron chi connectivity index (χ0n) is 10.8. The Morgan fingerprint density at radius 1 is 1.22 bits per heavy atom. The number of benzene rings is 1. The van der Waals surface area contributed by atoms with Gasteiger partial charge in [0, 0.05) is 5.75 Å². The molecule has 0 aliphatic carbocycles. The smallest absolute Gasteiger partial charge is 0.150 e. The van der Waals surface area contributed by atoms with Gasteiger partial charge in [-0.25, -0.2) is 8.42 Å². The molecular formula is C13H21NO3S. The average molecular weight is 271 g/mol. The largest absolute Gasteiger partial charge is 0.494 e. The van der Waals surface area contributed by atoms with Crippen molar-refractivity contribution in [3.8, 4) is 5.75 Å². The van der Waals surface area contributed by atoms with Gasteiger partial charge in [-0.2, -0.15) is 0 Å². The van der Waals surface area contributed by atoms with Crippen LogP contribution >= 0.6 is 0 Å². The Labute approximate surface area is 109 Å². The van der Waals surface area contributed by atoms with Crippen molar-refractivity contribution in [3.05, 3.63) is 29.8 Å². The van der Waals surface area contributed by atoms with Crippen LogP contribution < -0.4 is 10.5 Å². The van der Waals surface area contributed by atoms with Crippen LogP contribution in [0.4, 0.5) is 0 Å². The minimum absolute atomic E-state index is 0.189. The monoisotopic (exact) mass is 271 g/mol. The Morgan fingerprint density at radius 3 is 2.44 bits per heavy atom. The van der Waals surface area contributed by atoms with E-state index >= 15 is 0 Å². The molecule has 0 saturated carbocycles. The summed E-state index contributed by atoms with van der Waals surface area (Å²) in [6.07, 6.45) is 1.38. The molecular weight excluding hydrogens is 250 g/mol. The molecule has 1 aromatic rings. The molecule has 0 amide bonds. The maximum absolute atomic E-state index is 11.3. The van der Waals surface area contributed by atoms with Crippen LogP contribution in [-0.4, -0.2) is 33.1 Å². The summed E-state index contributed by atoms with van der Waals surface area (Å²) in [4.78, 5) is 0. The van der Waals surface area contributed by atoms with Crippen LogP contribution in [0.2, 0.25) is 0 Å². The maximum atomic E-state index is 11.3. The number of ether oxygens (including phenoxy) is 1. The van der Waals surface area contributed by atoms with E-state index in [2.05, 4.69) is 0 Å². The molecule has 0 atom stereocenters. The molecule has 0 fully saturated rings. The number of hydrogen-bond acceptors (Lipinski definition) is 4. The molecule has 0 saturated heterocycles. The van der Waals surface area contributed by atoms with Gasteiger partial charge in [-0.1, -0.05) is 19.1 Å². The van der Waals surface area contributed by atoms with Crippen molar-refractivity contribution < 1.29 is 13.2 Å². The average Bonchev–Trinajstić information content (AvgIpc) is 2.37. The van der Waals surface area contributed by atoms with E-state index in [1.807, 2.05) is 24.3 Å². The third kappa shape index (κ3) is 5.51. The normalized spacial score (nSPS) is 11.4. The minimum Gasteiger partial charge on any atom is -0.494 e. The number of sulfone groups is 1. The Kier molecular flexibility index (Phi) is 6.15. The molecule has 0 unspecified atom stereocenters. The van der Waals surface area contributed by atoms with Crippen LogP contribution in [0, 0.1) is 0 Å². The van der Waals surface area contributed by atoms with Gasteiger partial charge < -0.3 is 10.5 Å². The van der Waals surface area contributed by atoms with Crippen molar-refractivity contribution in [3.63, 3.8) is 0 Å².